The number of rotatable bonds is 12. The van der Waals surface area contributed by atoms with Gasteiger partial charge in [0.05, 0.1) is 35.2 Å². The van der Waals surface area contributed by atoms with Gasteiger partial charge in [0.15, 0.2) is 0 Å². The van der Waals surface area contributed by atoms with Crippen LogP contribution in [-0.4, -0.2) is 35.7 Å². The van der Waals surface area contributed by atoms with Gasteiger partial charge in [-0.25, -0.2) is 0 Å². The second-order valence-electron chi connectivity index (χ2n) is 7.83. The van der Waals surface area contributed by atoms with Gasteiger partial charge in [-0.05, 0) is 42.0 Å². The Bertz CT molecular complexity index is 1360. The molecule has 186 valence electrons. The third kappa shape index (κ3) is 7.34. The number of carbonyl (C=O) groups excluding carboxylic acids is 1. The Hall–Kier alpha value is -5.29. The number of nitro groups is 1. The van der Waals surface area contributed by atoms with Crippen LogP contribution in [-0.2, 0) is 16.0 Å². The number of hydrogen-bond acceptors (Lipinski definition) is 10. The van der Waals surface area contributed by atoms with Crippen LogP contribution >= 0.6 is 0 Å². The number of para-hydroxylation sites is 1. The van der Waals surface area contributed by atoms with Crippen molar-refractivity contribution in [2.45, 2.75) is 18.9 Å². The minimum absolute atomic E-state index is 0.0305. The van der Waals surface area contributed by atoms with Crippen LogP contribution in [0.25, 0.3) is 0 Å². The quantitative estimate of drug-likeness (QED) is 0.156. The molecule has 0 heterocycles. The standard InChI is InChI=1S/C26H22N6O5/c27-12-3-13-31(17-24(37-18-33)15-19-4-1-2-5-26(19)34)22-8-6-21(7-9-22)29-30-25-11-10-23(32(35)36)14-20(25)16-28/h1-2,4-11,14,18,24,34H,3,13,15,17H2. The Morgan fingerprint density at radius 2 is 1.86 bits per heavy atom. The molecule has 11 heteroatoms. The molecule has 3 aromatic rings. The number of non-ortho nitro benzene ring substituents is 1. The Morgan fingerprint density at radius 1 is 1.11 bits per heavy atom. The molecule has 37 heavy (non-hydrogen) atoms. The van der Waals surface area contributed by atoms with Crippen molar-refractivity contribution >= 4 is 29.2 Å². The number of ether oxygens (including phenoxy) is 1. The van der Waals surface area contributed by atoms with Crippen molar-refractivity contribution < 1.29 is 19.6 Å². The summed E-state index contributed by atoms with van der Waals surface area (Å²) in [7, 11) is 0. The van der Waals surface area contributed by atoms with Gasteiger partial charge >= 0.3 is 0 Å². The fraction of sp³-hybridized carbons (Fsp3) is 0.192. The van der Waals surface area contributed by atoms with Crippen molar-refractivity contribution in [3.8, 4) is 17.9 Å². The van der Waals surface area contributed by atoms with E-state index in [4.69, 9.17) is 10.00 Å². The lowest BCUT2D eigenvalue weighted by atomic mass is 10.1. The summed E-state index contributed by atoms with van der Waals surface area (Å²) in [5.74, 6) is 0.105. The molecule has 3 rings (SSSR count). The van der Waals surface area contributed by atoms with E-state index in [2.05, 4.69) is 16.3 Å². The second-order valence-corrected chi connectivity index (χ2v) is 7.83. The highest BCUT2D eigenvalue weighted by molar-refractivity contribution is 5.58. The number of anilines is 1. The van der Waals surface area contributed by atoms with Crippen molar-refractivity contribution in [2.24, 2.45) is 10.2 Å². The summed E-state index contributed by atoms with van der Waals surface area (Å²) in [4.78, 5) is 23.3. The SMILES string of the molecule is N#CCCN(CC(Cc1ccccc1O)OC=O)c1ccc(N=Nc2ccc([N+](=O)[O-])cc2C#N)cc1. The van der Waals surface area contributed by atoms with Gasteiger partial charge in [0, 0.05) is 30.8 Å². The lowest BCUT2D eigenvalue weighted by molar-refractivity contribution is -0.384. The zero-order chi connectivity index (χ0) is 26.6. The highest BCUT2D eigenvalue weighted by Crippen LogP contribution is 2.27. The number of aromatic hydroxyl groups is 1. The number of nitriles is 2. The zero-order valence-corrected chi connectivity index (χ0v) is 19.6. The highest BCUT2D eigenvalue weighted by Gasteiger charge is 2.18. The van der Waals surface area contributed by atoms with Crippen LogP contribution in [0.2, 0.25) is 0 Å². The zero-order valence-electron chi connectivity index (χ0n) is 19.6. The molecule has 0 bridgehead atoms. The van der Waals surface area contributed by atoms with Gasteiger partial charge in [-0.15, -0.1) is 5.11 Å². The van der Waals surface area contributed by atoms with Gasteiger partial charge in [-0.3, -0.25) is 14.9 Å². The maximum Gasteiger partial charge on any atom is 0.293 e. The molecule has 1 atom stereocenters. The minimum Gasteiger partial charge on any atom is -0.508 e. The van der Waals surface area contributed by atoms with Crippen LogP contribution in [0.3, 0.4) is 0 Å². The van der Waals surface area contributed by atoms with Crippen LogP contribution in [0, 0.1) is 32.8 Å². The first-order valence-corrected chi connectivity index (χ1v) is 11.1. The molecule has 3 aromatic carbocycles. The van der Waals surface area contributed by atoms with E-state index in [-0.39, 0.29) is 42.1 Å². The van der Waals surface area contributed by atoms with Crippen LogP contribution in [0.4, 0.5) is 22.7 Å². The maximum absolute atomic E-state index is 11.1. The summed E-state index contributed by atoms with van der Waals surface area (Å²) >= 11 is 0. The molecule has 11 nitrogen and oxygen atoms in total. The molecule has 0 amide bonds. The Morgan fingerprint density at radius 3 is 2.51 bits per heavy atom. The fourth-order valence-electron chi connectivity index (χ4n) is 3.58. The summed E-state index contributed by atoms with van der Waals surface area (Å²) in [5, 5.41) is 47.5. The molecule has 0 saturated heterocycles. The molecular formula is C26H22N6O5. The van der Waals surface area contributed by atoms with Gasteiger partial charge in [-0.1, -0.05) is 18.2 Å². The summed E-state index contributed by atoms with van der Waals surface area (Å²) in [5.41, 5.74) is 1.87. The van der Waals surface area contributed by atoms with Gasteiger partial charge in [0.2, 0.25) is 0 Å². The molecule has 1 N–H and O–H groups in total. The van der Waals surface area contributed by atoms with E-state index >= 15 is 0 Å². The molecule has 0 aliphatic carbocycles. The van der Waals surface area contributed by atoms with E-state index in [1.165, 1.54) is 12.1 Å². The number of hydrogen-bond donors (Lipinski definition) is 1. The Labute approximate surface area is 212 Å². The molecular weight excluding hydrogens is 476 g/mol. The molecule has 0 aliphatic rings. The predicted octanol–water partition coefficient (Wildman–Crippen LogP) is 5.09. The molecule has 0 fully saturated rings. The van der Waals surface area contributed by atoms with Crippen molar-refractivity contribution in [2.75, 3.05) is 18.0 Å². The van der Waals surface area contributed by atoms with Gasteiger partial charge < -0.3 is 14.7 Å². The van der Waals surface area contributed by atoms with Gasteiger partial charge in [0.1, 0.15) is 23.6 Å². The maximum atomic E-state index is 11.1. The second kappa shape index (κ2) is 13.0. The molecule has 1 unspecified atom stereocenters. The number of carbonyl (C=O) groups is 1. The first kappa shape index (κ1) is 26.3. The fourth-order valence-corrected chi connectivity index (χ4v) is 3.58. The van der Waals surface area contributed by atoms with Crippen molar-refractivity contribution in [3.05, 3.63) is 88.0 Å². The van der Waals surface area contributed by atoms with E-state index in [1.807, 2.05) is 11.0 Å². The third-order valence-corrected chi connectivity index (χ3v) is 5.40. The van der Waals surface area contributed by atoms with Crippen LogP contribution < -0.4 is 4.90 Å². The Balaban J connectivity index is 1.78. The summed E-state index contributed by atoms with van der Waals surface area (Å²) in [6.45, 7) is 1.03. The molecule has 0 saturated carbocycles. The van der Waals surface area contributed by atoms with Gasteiger partial charge in [0.25, 0.3) is 12.2 Å². The lowest BCUT2D eigenvalue weighted by Gasteiger charge is -2.28. The molecule has 0 spiro atoms. The average molecular weight is 498 g/mol. The van der Waals surface area contributed by atoms with Crippen molar-refractivity contribution in [1.29, 1.82) is 10.5 Å². The largest absolute Gasteiger partial charge is 0.508 e. The van der Waals surface area contributed by atoms with Crippen LogP contribution in [0.15, 0.2) is 77.0 Å². The smallest absolute Gasteiger partial charge is 0.293 e. The normalized spacial score (nSPS) is 11.3. The summed E-state index contributed by atoms with van der Waals surface area (Å²) in [6, 6.07) is 21.4. The number of nitrogens with zero attached hydrogens (tertiary/aromatic N) is 6. The molecule has 0 radical (unpaired) electrons. The monoisotopic (exact) mass is 498 g/mol. The van der Waals surface area contributed by atoms with E-state index in [1.54, 1.807) is 48.5 Å². The minimum atomic E-state index is -0.591. The molecule has 0 aromatic heterocycles. The highest BCUT2D eigenvalue weighted by atomic mass is 16.6. The number of benzene rings is 3. The number of phenolic OH excluding ortho intramolecular Hbond substituents is 1. The predicted molar refractivity (Wildman–Crippen MR) is 134 cm³/mol. The lowest BCUT2D eigenvalue weighted by Crippen LogP contribution is -2.36. The van der Waals surface area contributed by atoms with Crippen molar-refractivity contribution in [1.82, 2.24) is 0 Å². The van der Waals surface area contributed by atoms with Gasteiger partial charge in [-0.2, -0.15) is 15.6 Å². The number of azo groups is 1. The van der Waals surface area contributed by atoms with E-state index < -0.39 is 11.0 Å². The number of phenols is 1. The molecule has 0 aliphatic heterocycles. The van der Waals surface area contributed by atoms with E-state index in [0.29, 0.717) is 24.3 Å². The topological polar surface area (TPSA) is 165 Å². The van der Waals surface area contributed by atoms with Crippen LogP contribution in [0.1, 0.15) is 17.5 Å². The van der Waals surface area contributed by atoms with E-state index in [0.717, 1.165) is 11.8 Å². The first-order chi connectivity index (χ1) is 17.9. The first-order valence-electron chi connectivity index (χ1n) is 11.1. The van der Waals surface area contributed by atoms with Crippen molar-refractivity contribution in [3.63, 3.8) is 0 Å². The Kier molecular flexibility index (Phi) is 9.23. The van der Waals surface area contributed by atoms with E-state index in [9.17, 15) is 25.3 Å². The third-order valence-electron chi connectivity index (χ3n) is 5.40. The van der Waals surface area contributed by atoms with Crippen LogP contribution in [0.5, 0.6) is 5.75 Å². The average Bonchev–Trinajstić information content (AvgIpc) is 2.91. The number of nitro benzene ring substituents is 1. The summed E-state index contributed by atoms with van der Waals surface area (Å²) in [6.07, 6.45) is -0.0458. The summed E-state index contributed by atoms with van der Waals surface area (Å²) < 4.78 is 5.27.